The molecule has 4 heterocycles. The lowest BCUT2D eigenvalue weighted by Gasteiger charge is -2.36. The lowest BCUT2D eigenvalue weighted by atomic mass is 9.94. The number of fused-ring (bicyclic) bond motifs is 1. The summed E-state index contributed by atoms with van der Waals surface area (Å²) in [6.07, 6.45) is 0.948. The number of nitrogens with one attached hydrogen (secondary N) is 1. The van der Waals surface area contributed by atoms with E-state index in [0.29, 0.717) is 29.0 Å². The lowest BCUT2D eigenvalue weighted by molar-refractivity contribution is -0.137. The van der Waals surface area contributed by atoms with E-state index in [1.165, 1.54) is 18.3 Å². The Hall–Kier alpha value is -3.89. The minimum Gasteiger partial charge on any atom is -0.490 e. The third-order valence-electron chi connectivity index (χ3n) is 6.52. The Morgan fingerprint density at radius 1 is 1.19 bits per heavy atom. The maximum absolute atomic E-state index is 13.0. The summed E-state index contributed by atoms with van der Waals surface area (Å²) in [6, 6.07) is 6.57. The van der Waals surface area contributed by atoms with Crippen molar-refractivity contribution < 1.29 is 27.8 Å². The zero-order valence-corrected chi connectivity index (χ0v) is 19.4. The number of nitrogens with zero attached hydrogens (tertiary/aromatic N) is 4. The quantitative estimate of drug-likeness (QED) is 0.524. The zero-order valence-electron chi connectivity index (χ0n) is 19.4. The topological polar surface area (TPSA) is 104 Å². The second-order valence-corrected chi connectivity index (χ2v) is 9.04. The van der Waals surface area contributed by atoms with Gasteiger partial charge in [0.1, 0.15) is 23.5 Å². The van der Waals surface area contributed by atoms with Gasteiger partial charge in [0.25, 0.3) is 0 Å². The largest absolute Gasteiger partial charge is 0.490 e. The normalized spacial score (nSPS) is 19.2. The number of aromatic carboxylic acids is 1. The van der Waals surface area contributed by atoms with Gasteiger partial charge in [-0.2, -0.15) is 13.2 Å². The molecule has 0 amide bonds. The minimum atomic E-state index is -4.41. The summed E-state index contributed by atoms with van der Waals surface area (Å²) in [5.41, 5.74) is 0.911. The van der Waals surface area contributed by atoms with Crippen molar-refractivity contribution in [2.75, 3.05) is 13.1 Å². The Labute approximate surface area is 204 Å². The van der Waals surface area contributed by atoms with Gasteiger partial charge in [0, 0.05) is 56.4 Å². The number of aliphatic imine (C=N–C) groups is 1. The predicted octanol–water partition coefficient (Wildman–Crippen LogP) is 5.00. The Morgan fingerprint density at radius 3 is 2.67 bits per heavy atom. The summed E-state index contributed by atoms with van der Waals surface area (Å²) < 4.78 is 45.1. The number of likely N-dealkylation sites (tertiary alicyclic amines) is 1. The first-order valence-electron chi connectivity index (χ1n) is 11.6. The van der Waals surface area contributed by atoms with Gasteiger partial charge in [-0.3, -0.25) is 0 Å². The fraction of sp³-hybridized carbons (Fsp3) is 0.360. The monoisotopic (exact) mass is 499 g/mol. The van der Waals surface area contributed by atoms with Crippen LogP contribution in [0.4, 0.5) is 13.2 Å². The average Bonchev–Trinajstić information content (AvgIpc) is 3.27. The number of carboxylic acid groups (broad SMARTS) is 1. The van der Waals surface area contributed by atoms with Gasteiger partial charge in [0.05, 0.1) is 16.6 Å². The first kappa shape index (κ1) is 23.8. The fourth-order valence-electron chi connectivity index (χ4n) is 4.56. The number of pyridine rings is 1. The van der Waals surface area contributed by atoms with E-state index in [4.69, 9.17) is 9.84 Å². The van der Waals surface area contributed by atoms with E-state index < -0.39 is 17.7 Å². The van der Waals surface area contributed by atoms with Gasteiger partial charge in [-0.1, -0.05) is 6.92 Å². The number of benzene rings is 1. The van der Waals surface area contributed by atoms with Gasteiger partial charge in [-0.25, -0.2) is 19.8 Å². The number of hydrogen-bond donors (Lipinski definition) is 2. The predicted molar refractivity (Wildman–Crippen MR) is 127 cm³/mol. The molecular weight excluding hydrogens is 475 g/mol. The highest BCUT2D eigenvalue weighted by atomic mass is 19.4. The molecule has 0 radical (unpaired) electrons. The maximum Gasteiger partial charge on any atom is 0.416 e. The van der Waals surface area contributed by atoms with Crippen molar-refractivity contribution in [3.8, 4) is 5.75 Å². The molecular formula is C25H24F3N5O3. The third kappa shape index (κ3) is 4.91. The second kappa shape index (κ2) is 9.29. The SMILES string of the molecule is CC1CC(N2CCC(Oc3ccnc(C(=O)O)c3)CC2)=NC=C1c1nc2ccc(C(F)(F)F)cc2[nH]1. The molecule has 3 aromatic rings. The van der Waals surface area contributed by atoms with E-state index in [2.05, 4.69) is 24.8 Å². The number of amidine groups is 1. The maximum atomic E-state index is 13.0. The molecule has 188 valence electrons. The number of rotatable bonds is 4. The van der Waals surface area contributed by atoms with E-state index in [9.17, 15) is 18.0 Å². The number of hydrogen-bond acceptors (Lipinski definition) is 6. The van der Waals surface area contributed by atoms with Crippen LogP contribution in [0.1, 0.15) is 48.1 Å². The van der Waals surface area contributed by atoms with Crippen LogP contribution >= 0.6 is 0 Å². The molecule has 1 aromatic carbocycles. The molecule has 5 rings (SSSR count). The van der Waals surface area contributed by atoms with E-state index >= 15 is 0 Å². The number of alkyl halides is 3. The van der Waals surface area contributed by atoms with E-state index in [0.717, 1.165) is 49.5 Å². The number of carboxylic acids is 1. The summed E-state index contributed by atoms with van der Waals surface area (Å²) in [5.74, 6) is 0.966. The molecule has 11 heteroatoms. The molecule has 1 fully saturated rings. The van der Waals surface area contributed by atoms with Gasteiger partial charge in [-0.05, 0) is 30.2 Å². The van der Waals surface area contributed by atoms with Crippen LogP contribution in [0.2, 0.25) is 0 Å². The Bertz CT molecular complexity index is 1360. The van der Waals surface area contributed by atoms with Crippen molar-refractivity contribution in [1.29, 1.82) is 0 Å². The van der Waals surface area contributed by atoms with Crippen LogP contribution in [0.25, 0.3) is 16.6 Å². The van der Waals surface area contributed by atoms with Gasteiger partial charge in [0.15, 0.2) is 5.69 Å². The molecule has 2 aliphatic rings. The Kier molecular flexibility index (Phi) is 6.15. The number of piperidine rings is 1. The van der Waals surface area contributed by atoms with Crippen LogP contribution in [0.15, 0.2) is 47.7 Å². The second-order valence-electron chi connectivity index (χ2n) is 9.04. The van der Waals surface area contributed by atoms with Gasteiger partial charge in [0.2, 0.25) is 0 Å². The molecule has 2 aromatic heterocycles. The number of halogens is 3. The molecule has 0 bridgehead atoms. The summed E-state index contributed by atoms with van der Waals surface area (Å²) in [5, 5.41) is 9.09. The van der Waals surface area contributed by atoms with Crippen LogP contribution in [0.3, 0.4) is 0 Å². The Balaban J connectivity index is 1.25. The van der Waals surface area contributed by atoms with Gasteiger partial charge in [-0.15, -0.1) is 0 Å². The number of aromatic nitrogens is 3. The molecule has 0 spiro atoms. The van der Waals surface area contributed by atoms with Crippen molar-refractivity contribution in [3.05, 3.63) is 59.8 Å². The molecule has 1 atom stereocenters. The van der Waals surface area contributed by atoms with Gasteiger partial charge < -0.3 is 19.7 Å². The fourth-order valence-corrected chi connectivity index (χ4v) is 4.56. The van der Waals surface area contributed by atoms with E-state index in [1.807, 2.05) is 6.92 Å². The van der Waals surface area contributed by atoms with Crippen LogP contribution in [0.5, 0.6) is 5.75 Å². The highest BCUT2D eigenvalue weighted by molar-refractivity contribution is 5.89. The van der Waals surface area contributed by atoms with E-state index in [-0.39, 0.29) is 17.7 Å². The molecule has 1 saturated heterocycles. The van der Waals surface area contributed by atoms with Crippen molar-refractivity contribution in [3.63, 3.8) is 0 Å². The molecule has 0 saturated carbocycles. The van der Waals surface area contributed by atoms with Gasteiger partial charge >= 0.3 is 12.1 Å². The van der Waals surface area contributed by atoms with Crippen LogP contribution < -0.4 is 4.74 Å². The third-order valence-corrected chi connectivity index (χ3v) is 6.52. The average molecular weight is 499 g/mol. The minimum absolute atomic E-state index is 0.0323. The van der Waals surface area contributed by atoms with Crippen molar-refractivity contribution in [1.82, 2.24) is 19.9 Å². The van der Waals surface area contributed by atoms with E-state index in [1.54, 1.807) is 12.3 Å². The van der Waals surface area contributed by atoms with Crippen LogP contribution in [0, 0.1) is 5.92 Å². The molecule has 0 aliphatic carbocycles. The van der Waals surface area contributed by atoms with Crippen molar-refractivity contribution >= 4 is 28.4 Å². The Morgan fingerprint density at radius 2 is 1.97 bits per heavy atom. The number of ether oxygens (including phenoxy) is 1. The molecule has 1 unspecified atom stereocenters. The molecule has 2 aliphatic heterocycles. The summed E-state index contributed by atoms with van der Waals surface area (Å²) in [7, 11) is 0. The summed E-state index contributed by atoms with van der Waals surface area (Å²) in [4.78, 5) is 29.3. The number of H-pyrrole nitrogens is 1. The van der Waals surface area contributed by atoms with Crippen molar-refractivity contribution in [2.45, 2.75) is 38.5 Å². The van der Waals surface area contributed by atoms with Crippen LogP contribution in [-0.2, 0) is 6.18 Å². The summed E-state index contributed by atoms with van der Waals surface area (Å²) >= 11 is 0. The molecule has 8 nitrogen and oxygen atoms in total. The number of imidazole rings is 1. The number of allylic oxidation sites excluding steroid dienone is 1. The first-order chi connectivity index (χ1) is 17.2. The molecule has 36 heavy (non-hydrogen) atoms. The first-order valence-corrected chi connectivity index (χ1v) is 11.6. The highest BCUT2D eigenvalue weighted by Gasteiger charge is 2.31. The van der Waals surface area contributed by atoms with Crippen LogP contribution in [-0.4, -0.2) is 56.0 Å². The zero-order chi connectivity index (χ0) is 25.4. The standard InChI is InChI=1S/C25H24F3N5O3/c1-14-10-22(33-8-5-16(6-9-33)36-17-4-7-29-21(12-17)24(34)35)30-13-18(14)23-31-19-3-2-15(25(26,27)28)11-20(19)32-23/h2-4,7,11-14,16H,5-6,8-10H2,1H3,(H,31,32)(H,34,35). The smallest absolute Gasteiger partial charge is 0.416 e. The highest BCUT2D eigenvalue weighted by Crippen LogP contribution is 2.34. The lowest BCUT2D eigenvalue weighted by Crippen LogP contribution is -2.42. The van der Waals surface area contributed by atoms with Crippen molar-refractivity contribution in [2.24, 2.45) is 10.9 Å². The number of carbonyl (C=O) groups is 1. The number of aromatic amines is 1. The molecule has 2 N–H and O–H groups in total. The summed E-state index contributed by atoms with van der Waals surface area (Å²) in [6.45, 7) is 3.55.